The monoisotopic (exact) mass is 287 g/mol. The molecule has 4 nitrogen and oxygen atoms in total. The van der Waals surface area contributed by atoms with Crippen molar-refractivity contribution in [1.29, 1.82) is 0 Å². The number of nitrogens with zero attached hydrogens (tertiary/aromatic N) is 2. The molecule has 0 aliphatic carbocycles. The van der Waals surface area contributed by atoms with Crippen molar-refractivity contribution in [1.82, 2.24) is 15.1 Å². The predicted octanol–water partition coefficient (Wildman–Crippen LogP) is 2.11. The van der Waals surface area contributed by atoms with Gasteiger partial charge >= 0.3 is 6.03 Å². The number of amides is 2. The highest BCUT2D eigenvalue weighted by Gasteiger charge is 2.30. The lowest BCUT2D eigenvalue weighted by Crippen LogP contribution is -2.58. The molecule has 2 saturated heterocycles. The zero-order valence-electron chi connectivity index (χ0n) is 12.6. The fourth-order valence-corrected chi connectivity index (χ4v) is 3.41. The van der Waals surface area contributed by atoms with Crippen molar-refractivity contribution in [2.75, 3.05) is 32.7 Å². The summed E-state index contributed by atoms with van der Waals surface area (Å²) in [5.41, 5.74) is 1.27. The molecular weight excluding hydrogens is 262 g/mol. The molecule has 4 heteroatoms. The molecule has 1 unspecified atom stereocenters. The molecule has 2 amide bonds. The van der Waals surface area contributed by atoms with E-state index in [1.54, 1.807) is 0 Å². The Labute approximate surface area is 127 Å². The minimum absolute atomic E-state index is 0.108. The Morgan fingerprint density at radius 1 is 1.14 bits per heavy atom. The van der Waals surface area contributed by atoms with Gasteiger partial charge in [-0.05, 0) is 31.4 Å². The van der Waals surface area contributed by atoms with Crippen LogP contribution < -0.4 is 5.32 Å². The van der Waals surface area contributed by atoms with E-state index in [2.05, 4.69) is 22.3 Å². The topological polar surface area (TPSA) is 35.6 Å². The van der Waals surface area contributed by atoms with Gasteiger partial charge in [-0.1, -0.05) is 36.8 Å². The number of fused-ring (bicyclic) bond motifs is 1. The molecule has 1 N–H and O–H groups in total. The van der Waals surface area contributed by atoms with E-state index in [0.717, 1.165) is 26.1 Å². The first-order valence-corrected chi connectivity index (χ1v) is 8.14. The van der Waals surface area contributed by atoms with Crippen molar-refractivity contribution >= 4 is 6.03 Å². The second kappa shape index (κ2) is 6.94. The summed E-state index contributed by atoms with van der Waals surface area (Å²) in [6.45, 7) is 4.74. The molecular formula is C17H25N3O. The van der Waals surface area contributed by atoms with Crippen LogP contribution in [0.4, 0.5) is 4.79 Å². The number of benzene rings is 1. The number of piperidine rings is 1. The standard InChI is InChI=1S/C17H25N3O/c21-17(18-10-9-15-6-2-1-3-7-15)20-13-12-19-11-5-4-8-16(19)14-20/h1-3,6-7,16H,4-5,8-14H2,(H,18,21). The zero-order valence-corrected chi connectivity index (χ0v) is 12.6. The van der Waals surface area contributed by atoms with Gasteiger partial charge in [-0.2, -0.15) is 0 Å². The van der Waals surface area contributed by atoms with E-state index in [1.807, 2.05) is 23.1 Å². The summed E-state index contributed by atoms with van der Waals surface area (Å²) >= 11 is 0. The highest BCUT2D eigenvalue weighted by Crippen LogP contribution is 2.20. The Morgan fingerprint density at radius 3 is 2.86 bits per heavy atom. The molecule has 1 atom stereocenters. The normalized spacial score (nSPS) is 22.7. The van der Waals surface area contributed by atoms with Gasteiger partial charge in [-0.15, -0.1) is 0 Å². The molecule has 2 fully saturated rings. The number of urea groups is 1. The van der Waals surface area contributed by atoms with Crippen LogP contribution in [0.1, 0.15) is 24.8 Å². The van der Waals surface area contributed by atoms with E-state index in [9.17, 15) is 4.79 Å². The van der Waals surface area contributed by atoms with Crippen molar-refractivity contribution in [3.05, 3.63) is 35.9 Å². The van der Waals surface area contributed by atoms with Crippen LogP contribution >= 0.6 is 0 Å². The maximum atomic E-state index is 12.3. The summed E-state index contributed by atoms with van der Waals surface area (Å²) in [5, 5.41) is 3.06. The van der Waals surface area contributed by atoms with Gasteiger partial charge in [0.15, 0.2) is 0 Å². The molecule has 1 aromatic carbocycles. The number of nitrogens with one attached hydrogen (secondary N) is 1. The minimum atomic E-state index is 0.108. The van der Waals surface area contributed by atoms with E-state index in [-0.39, 0.29) is 6.03 Å². The van der Waals surface area contributed by atoms with E-state index >= 15 is 0 Å². The third-order valence-corrected chi connectivity index (χ3v) is 4.66. The molecule has 2 aliphatic heterocycles. The highest BCUT2D eigenvalue weighted by atomic mass is 16.2. The van der Waals surface area contributed by atoms with E-state index in [0.29, 0.717) is 12.6 Å². The molecule has 3 rings (SSSR count). The molecule has 0 saturated carbocycles. The number of carbonyl (C=O) groups is 1. The Kier molecular flexibility index (Phi) is 4.76. The van der Waals surface area contributed by atoms with E-state index in [4.69, 9.17) is 0 Å². The largest absolute Gasteiger partial charge is 0.338 e. The second-order valence-corrected chi connectivity index (χ2v) is 6.10. The van der Waals surface area contributed by atoms with Gasteiger partial charge in [-0.25, -0.2) is 4.79 Å². The summed E-state index contributed by atoms with van der Waals surface area (Å²) in [4.78, 5) is 16.8. The quantitative estimate of drug-likeness (QED) is 0.924. The van der Waals surface area contributed by atoms with Gasteiger partial charge in [0.05, 0.1) is 0 Å². The Hall–Kier alpha value is -1.55. The lowest BCUT2D eigenvalue weighted by atomic mass is 10.00. The van der Waals surface area contributed by atoms with Gasteiger partial charge in [0.25, 0.3) is 0 Å². The maximum Gasteiger partial charge on any atom is 0.317 e. The Morgan fingerprint density at radius 2 is 2.00 bits per heavy atom. The molecule has 2 aliphatic rings. The average Bonchev–Trinajstić information content (AvgIpc) is 2.55. The number of carbonyl (C=O) groups excluding carboxylic acids is 1. The summed E-state index contributed by atoms with van der Waals surface area (Å²) in [7, 11) is 0. The lowest BCUT2D eigenvalue weighted by Gasteiger charge is -2.43. The molecule has 0 radical (unpaired) electrons. The van der Waals surface area contributed by atoms with E-state index < -0.39 is 0 Å². The third kappa shape index (κ3) is 3.76. The van der Waals surface area contributed by atoms with Crippen LogP contribution in [0.2, 0.25) is 0 Å². The molecule has 1 aromatic rings. The van der Waals surface area contributed by atoms with Crippen molar-refractivity contribution in [2.24, 2.45) is 0 Å². The van der Waals surface area contributed by atoms with Crippen LogP contribution in [0.3, 0.4) is 0 Å². The summed E-state index contributed by atoms with van der Waals surface area (Å²) < 4.78 is 0. The van der Waals surface area contributed by atoms with Crippen molar-refractivity contribution in [3.63, 3.8) is 0 Å². The fourth-order valence-electron chi connectivity index (χ4n) is 3.41. The number of piperazine rings is 1. The third-order valence-electron chi connectivity index (χ3n) is 4.66. The van der Waals surface area contributed by atoms with E-state index in [1.165, 1.54) is 31.4 Å². The Bertz CT molecular complexity index is 462. The second-order valence-electron chi connectivity index (χ2n) is 6.10. The van der Waals surface area contributed by atoms with Crippen LogP contribution in [0, 0.1) is 0 Å². The molecule has 0 aromatic heterocycles. The number of rotatable bonds is 3. The number of hydrogen-bond donors (Lipinski definition) is 1. The molecule has 2 heterocycles. The highest BCUT2D eigenvalue weighted by molar-refractivity contribution is 5.74. The van der Waals surface area contributed by atoms with Crippen LogP contribution in [-0.2, 0) is 6.42 Å². The Balaban J connectivity index is 1.43. The van der Waals surface area contributed by atoms with Crippen LogP contribution in [-0.4, -0.2) is 54.6 Å². The van der Waals surface area contributed by atoms with Gasteiger partial charge in [0.1, 0.15) is 0 Å². The van der Waals surface area contributed by atoms with Crippen molar-refractivity contribution < 1.29 is 4.79 Å². The molecule has 21 heavy (non-hydrogen) atoms. The first-order valence-electron chi connectivity index (χ1n) is 8.14. The lowest BCUT2D eigenvalue weighted by molar-refractivity contribution is 0.0644. The molecule has 0 bridgehead atoms. The molecule has 114 valence electrons. The summed E-state index contributed by atoms with van der Waals surface area (Å²) in [5.74, 6) is 0. The van der Waals surface area contributed by atoms with Gasteiger partial charge in [0, 0.05) is 32.2 Å². The maximum absolute atomic E-state index is 12.3. The van der Waals surface area contributed by atoms with Crippen LogP contribution in [0.5, 0.6) is 0 Å². The van der Waals surface area contributed by atoms with Gasteiger partial charge < -0.3 is 10.2 Å². The SMILES string of the molecule is O=C(NCCc1ccccc1)N1CCN2CCCCC2C1. The number of hydrogen-bond acceptors (Lipinski definition) is 2. The fraction of sp³-hybridized carbons (Fsp3) is 0.588. The summed E-state index contributed by atoms with van der Waals surface area (Å²) in [6.07, 6.45) is 4.77. The van der Waals surface area contributed by atoms with Crippen LogP contribution in [0.15, 0.2) is 30.3 Å². The van der Waals surface area contributed by atoms with Crippen molar-refractivity contribution in [2.45, 2.75) is 31.7 Å². The zero-order chi connectivity index (χ0) is 14.5. The van der Waals surface area contributed by atoms with Crippen LogP contribution in [0.25, 0.3) is 0 Å². The summed E-state index contributed by atoms with van der Waals surface area (Å²) in [6, 6.07) is 11.0. The van der Waals surface area contributed by atoms with Gasteiger partial charge in [0.2, 0.25) is 0 Å². The van der Waals surface area contributed by atoms with Gasteiger partial charge in [-0.3, -0.25) is 4.90 Å². The van der Waals surface area contributed by atoms with Crippen molar-refractivity contribution in [3.8, 4) is 0 Å². The average molecular weight is 287 g/mol. The minimum Gasteiger partial charge on any atom is -0.338 e. The predicted molar refractivity (Wildman–Crippen MR) is 84.3 cm³/mol. The first-order chi connectivity index (χ1) is 10.3. The smallest absolute Gasteiger partial charge is 0.317 e. The molecule has 0 spiro atoms. The first kappa shape index (κ1) is 14.4.